The minimum atomic E-state index is 0.401. The fraction of sp³-hybridized carbons (Fsp3) is 0.385. The van der Waals surface area contributed by atoms with Crippen molar-refractivity contribution in [2.45, 2.75) is 31.8 Å². The van der Waals surface area contributed by atoms with Crippen LogP contribution in [0.5, 0.6) is 0 Å². The van der Waals surface area contributed by atoms with Crippen LogP contribution in [0.3, 0.4) is 0 Å². The SMILES string of the molecule is c1ncc(CNC2CCCc3occc32)cn1. The van der Waals surface area contributed by atoms with E-state index < -0.39 is 0 Å². The van der Waals surface area contributed by atoms with Crippen molar-refractivity contribution in [3.05, 3.63) is 47.9 Å². The lowest BCUT2D eigenvalue weighted by Crippen LogP contribution is -2.24. The molecule has 1 N–H and O–H groups in total. The Hall–Kier alpha value is -1.68. The first-order valence-electron chi connectivity index (χ1n) is 5.97. The largest absolute Gasteiger partial charge is 0.469 e. The number of nitrogens with zero attached hydrogens (tertiary/aromatic N) is 2. The van der Waals surface area contributed by atoms with Gasteiger partial charge in [-0.3, -0.25) is 0 Å². The van der Waals surface area contributed by atoms with E-state index in [1.165, 1.54) is 18.4 Å². The number of aromatic nitrogens is 2. The topological polar surface area (TPSA) is 51.0 Å². The van der Waals surface area contributed by atoms with Crippen LogP contribution in [0, 0.1) is 0 Å². The van der Waals surface area contributed by atoms with E-state index >= 15 is 0 Å². The predicted octanol–water partition coefficient (Wildman–Crippen LogP) is 2.24. The minimum Gasteiger partial charge on any atom is -0.469 e. The number of furan rings is 1. The lowest BCUT2D eigenvalue weighted by molar-refractivity contribution is 0.410. The van der Waals surface area contributed by atoms with Gasteiger partial charge in [0.1, 0.15) is 12.1 Å². The van der Waals surface area contributed by atoms with Gasteiger partial charge in [0.15, 0.2) is 0 Å². The van der Waals surface area contributed by atoms with Crippen molar-refractivity contribution in [3.8, 4) is 0 Å². The summed E-state index contributed by atoms with van der Waals surface area (Å²) < 4.78 is 5.47. The molecule has 4 nitrogen and oxygen atoms in total. The molecule has 1 aliphatic rings. The molecule has 88 valence electrons. The molecule has 4 heteroatoms. The molecule has 1 aliphatic carbocycles. The number of nitrogens with one attached hydrogen (secondary N) is 1. The number of fused-ring (bicyclic) bond motifs is 1. The molecule has 0 spiro atoms. The average molecular weight is 229 g/mol. The van der Waals surface area contributed by atoms with Gasteiger partial charge in [-0.25, -0.2) is 9.97 Å². The predicted molar refractivity (Wildman–Crippen MR) is 63.3 cm³/mol. The van der Waals surface area contributed by atoms with Crippen molar-refractivity contribution in [1.29, 1.82) is 0 Å². The summed E-state index contributed by atoms with van der Waals surface area (Å²) in [5.74, 6) is 1.14. The Balaban J connectivity index is 1.68. The summed E-state index contributed by atoms with van der Waals surface area (Å²) in [5, 5.41) is 3.54. The molecule has 0 aliphatic heterocycles. The van der Waals surface area contributed by atoms with Gasteiger partial charge in [-0.15, -0.1) is 0 Å². The molecule has 2 aromatic rings. The molecular formula is C13H15N3O. The molecule has 2 heterocycles. The van der Waals surface area contributed by atoms with Crippen LogP contribution in [0.1, 0.15) is 35.8 Å². The summed E-state index contributed by atoms with van der Waals surface area (Å²) in [6, 6.07) is 2.48. The van der Waals surface area contributed by atoms with E-state index in [2.05, 4.69) is 21.4 Å². The molecule has 0 bridgehead atoms. The van der Waals surface area contributed by atoms with E-state index in [4.69, 9.17) is 4.42 Å². The first-order valence-corrected chi connectivity index (χ1v) is 5.97. The van der Waals surface area contributed by atoms with Crippen LogP contribution in [-0.4, -0.2) is 9.97 Å². The third-order valence-corrected chi connectivity index (χ3v) is 3.22. The van der Waals surface area contributed by atoms with E-state index in [1.807, 2.05) is 12.4 Å². The quantitative estimate of drug-likeness (QED) is 0.877. The van der Waals surface area contributed by atoms with E-state index in [9.17, 15) is 0 Å². The van der Waals surface area contributed by atoms with Crippen molar-refractivity contribution < 1.29 is 4.42 Å². The zero-order valence-corrected chi connectivity index (χ0v) is 9.60. The van der Waals surface area contributed by atoms with Crippen LogP contribution < -0.4 is 5.32 Å². The van der Waals surface area contributed by atoms with Crippen molar-refractivity contribution in [3.63, 3.8) is 0 Å². The molecule has 1 atom stereocenters. The molecule has 0 amide bonds. The second kappa shape index (κ2) is 4.67. The maximum absolute atomic E-state index is 5.47. The second-order valence-electron chi connectivity index (χ2n) is 4.37. The van der Waals surface area contributed by atoms with Crippen molar-refractivity contribution in [1.82, 2.24) is 15.3 Å². The van der Waals surface area contributed by atoms with E-state index in [0.29, 0.717) is 6.04 Å². The van der Waals surface area contributed by atoms with E-state index in [0.717, 1.165) is 24.3 Å². The highest BCUT2D eigenvalue weighted by Crippen LogP contribution is 2.30. The van der Waals surface area contributed by atoms with Gasteiger partial charge in [-0.2, -0.15) is 0 Å². The smallest absolute Gasteiger partial charge is 0.115 e. The summed E-state index contributed by atoms with van der Waals surface area (Å²) >= 11 is 0. The number of hydrogen-bond donors (Lipinski definition) is 1. The normalized spacial score (nSPS) is 18.9. The minimum absolute atomic E-state index is 0.401. The van der Waals surface area contributed by atoms with Crippen LogP contribution in [0.4, 0.5) is 0 Å². The Morgan fingerprint density at radius 1 is 1.35 bits per heavy atom. The maximum atomic E-state index is 5.47. The first kappa shape index (κ1) is 10.5. The molecule has 0 aromatic carbocycles. The van der Waals surface area contributed by atoms with E-state index in [-0.39, 0.29) is 0 Å². The molecule has 2 aromatic heterocycles. The maximum Gasteiger partial charge on any atom is 0.115 e. The zero-order valence-electron chi connectivity index (χ0n) is 9.60. The van der Waals surface area contributed by atoms with Crippen LogP contribution >= 0.6 is 0 Å². The standard InChI is InChI=1S/C13H15N3O/c1-2-12(11-4-5-17-13(11)3-1)16-8-10-6-14-9-15-7-10/h4-7,9,12,16H,1-3,8H2. The average Bonchev–Trinajstić information content (AvgIpc) is 2.86. The lowest BCUT2D eigenvalue weighted by Gasteiger charge is -2.22. The summed E-state index contributed by atoms with van der Waals surface area (Å²) in [6.07, 6.45) is 10.4. The summed E-state index contributed by atoms with van der Waals surface area (Å²) in [4.78, 5) is 8.03. The lowest BCUT2D eigenvalue weighted by atomic mass is 9.93. The van der Waals surface area contributed by atoms with Gasteiger partial charge in [-0.05, 0) is 18.9 Å². The van der Waals surface area contributed by atoms with Gasteiger partial charge < -0.3 is 9.73 Å². The summed E-state index contributed by atoms with van der Waals surface area (Å²) in [7, 11) is 0. The first-order chi connectivity index (χ1) is 8.43. The third-order valence-electron chi connectivity index (χ3n) is 3.22. The Morgan fingerprint density at radius 2 is 2.24 bits per heavy atom. The summed E-state index contributed by atoms with van der Waals surface area (Å²) in [5.41, 5.74) is 2.43. The van der Waals surface area contributed by atoms with Gasteiger partial charge >= 0.3 is 0 Å². The van der Waals surface area contributed by atoms with Crippen LogP contribution in [0.2, 0.25) is 0 Å². The molecule has 0 radical (unpaired) electrons. The number of hydrogen-bond acceptors (Lipinski definition) is 4. The molecule has 3 rings (SSSR count). The highest BCUT2D eigenvalue weighted by molar-refractivity contribution is 5.24. The van der Waals surface area contributed by atoms with Crippen molar-refractivity contribution >= 4 is 0 Å². The highest BCUT2D eigenvalue weighted by Gasteiger charge is 2.21. The van der Waals surface area contributed by atoms with E-state index in [1.54, 1.807) is 12.6 Å². The van der Waals surface area contributed by atoms with Crippen molar-refractivity contribution in [2.75, 3.05) is 0 Å². The van der Waals surface area contributed by atoms with Crippen LogP contribution in [0.25, 0.3) is 0 Å². The zero-order chi connectivity index (χ0) is 11.5. The summed E-state index contributed by atoms with van der Waals surface area (Å²) in [6.45, 7) is 0.802. The molecule has 17 heavy (non-hydrogen) atoms. The molecule has 0 fully saturated rings. The monoisotopic (exact) mass is 229 g/mol. The molecule has 1 unspecified atom stereocenters. The van der Waals surface area contributed by atoms with Gasteiger partial charge in [0.25, 0.3) is 0 Å². The highest BCUT2D eigenvalue weighted by atomic mass is 16.3. The van der Waals surface area contributed by atoms with Crippen LogP contribution in [-0.2, 0) is 13.0 Å². The number of aryl methyl sites for hydroxylation is 1. The van der Waals surface area contributed by atoms with Gasteiger partial charge in [-0.1, -0.05) is 0 Å². The van der Waals surface area contributed by atoms with Gasteiger partial charge in [0.05, 0.1) is 6.26 Å². The Kier molecular flexibility index (Phi) is 2.88. The van der Waals surface area contributed by atoms with Crippen LogP contribution in [0.15, 0.2) is 35.5 Å². The fourth-order valence-electron chi connectivity index (χ4n) is 2.36. The Labute approximate surface area is 100 Å². The third kappa shape index (κ3) is 2.22. The molecule has 0 saturated carbocycles. The Bertz CT molecular complexity index is 480. The second-order valence-corrected chi connectivity index (χ2v) is 4.37. The number of rotatable bonds is 3. The van der Waals surface area contributed by atoms with Gasteiger partial charge in [0.2, 0.25) is 0 Å². The molecular weight excluding hydrogens is 214 g/mol. The van der Waals surface area contributed by atoms with Crippen molar-refractivity contribution in [2.24, 2.45) is 0 Å². The van der Waals surface area contributed by atoms with Gasteiger partial charge in [0, 0.05) is 42.5 Å². The fourth-order valence-corrected chi connectivity index (χ4v) is 2.36. The Morgan fingerprint density at radius 3 is 3.12 bits per heavy atom. The molecule has 0 saturated heterocycles.